The minimum Gasteiger partial charge on any atom is -0.406 e. The minimum atomic E-state index is -4.68. The molecule has 0 spiro atoms. The monoisotopic (exact) mass is 394 g/mol. The van der Waals surface area contributed by atoms with Gasteiger partial charge in [-0.3, -0.25) is 4.90 Å². The molecular weight excluding hydrogens is 373 g/mol. The van der Waals surface area contributed by atoms with Gasteiger partial charge in [0.15, 0.2) is 0 Å². The number of ether oxygens (including phenoxy) is 1. The molecule has 130 valence electrons. The maximum absolute atomic E-state index is 12.5. The van der Waals surface area contributed by atoms with Crippen LogP contribution in [0.15, 0.2) is 22.7 Å². The van der Waals surface area contributed by atoms with E-state index in [2.05, 4.69) is 44.7 Å². The van der Waals surface area contributed by atoms with Gasteiger partial charge >= 0.3 is 6.36 Å². The fourth-order valence-corrected chi connectivity index (χ4v) is 3.40. The topological polar surface area (TPSA) is 24.5 Å². The quantitative estimate of drug-likeness (QED) is 0.803. The Morgan fingerprint density at radius 1 is 1.22 bits per heavy atom. The maximum atomic E-state index is 12.5. The van der Waals surface area contributed by atoms with Crippen molar-refractivity contribution in [2.75, 3.05) is 26.2 Å². The molecule has 1 fully saturated rings. The molecule has 1 aromatic rings. The largest absolute Gasteiger partial charge is 0.573 e. The number of nitrogens with zero attached hydrogens (tertiary/aromatic N) is 1. The van der Waals surface area contributed by atoms with E-state index < -0.39 is 6.36 Å². The zero-order valence-corrected chi connectivity index (χ0v) is 14.9. The van der Waals surface area contributed by atoms with E-state index in [1.165, 1.54) is 12.1 Å². The molecule has 1 saturated heterocycles. The van der Waals surface area contributed by atoms with E-state index in [9.17, 15) is 13.2 Å². The molecule has 1 aliphatic heterocycles. The Hall–Kier alpha value is -0.790. The summed E-state index contributed by atoms with van der Waals surface area (Å²) in [4.78, 5) is 2.33. The Balaban J connectivity index is 2.29. The zero-order valence-electron chi connectivity index (χ0n) is 13.3. The van der Waals surface area contributed by atoms with Crippen LogP contribution < -0.4 is 10.1 Å². The molecule has 0 unspecified atom stereocenters. The van der Waals surface area contributed by atoms with E-state index in [0.717, 1.165) is 38.2 Å². The number of alkyl halides is 3. The van der Waals surface area contributed by atoms with E-state index in [4.69, 9.17) is 0 Å². The van der Waals surface area contributed by atoms with Crippen molar-refractivity contribution in [1.82, 2.24) is 10.2 Å². The van der Waals surface area contributed by atoms with E-state index in [0.29, 0.717) is 10.4 Å². The molecule has 1 heterocycles. The number of nitrogens with one attached hydrogen (secondary N) is 1. The highest BCUT2D eigenvalue weighted by Crippen LogP contribution is 2.34. The van der Waals surface area contributed by atoms with Crippen LogP contribution in [0, 0.1) is 5.92 Å². The summed E-state index contributed by atoms with van der Waals surface area (Å²) in [7, 11) is 0. The molecule has 1 aliphatic rings. The van der Waals surface area contributed by atoms with Crippen molar-refractivity contribution in [3.8, 4) is 5.75 Å². The summed E-state index contributed by atoms with van der Waals surface area (Å²) >= 11 is 3.30. The molecule has 0 amide bonds. The van der Waals surface area contributed by atoms with E-state index in [1.54, 1.807) is 0 Å². The van der Waals surface area contributed by atoms with Crippen molar-refractivity contribution in [3.63, 3.8) is 0 Å². The lowest BCUT2D eigenvalue weighted by atomic mass is 9.95. The van der Waals surface area contributed by atoms with Crippen LogP contribution in [0.5, 0.6) is 5.75 Å². The second-order valence-electron chi connectivity index (χ2n) is 6.20. The Labute approximate surface area is 143 Å². The first-order valence-electron chi connectivity index (χ1n) is 7.75. The summed E-state index contributed by atoms with van der Waals surface area (Å²) in [6.45, 7) is 7.82. The van der Waals surface area contributed by atoms with Gasteiger partial charge in [-0.2, -0.15) is 0 Å². The first-order chi connectivity index (χ1) is 10.7. The summed E-state index contributed by atoms with van der Waals surface area (Å²) in [5.41, 5.74) is 0.856. The van der Waals surface area contributed by atoms with Crippen molar-refractivity contribution < 1.29 is 17.9 Å². The highest BCUT2D eigenvalue weighted by molar-refractivity contribution is 9.10. The summed E-state index contributed by atoms with van der Waals surface area (Å²) in [5, 5.41) is 3.30. The summed E-state index contributed by atoms with van der Waals surface area (Å²) < 4.78 is 42.2. The molecule has 23 heavy (non-hydrogen) atoms. The Morgan fingerprint density at radius 2 is 1.87 bits per heavy atom. The predicted octanol–water partition coefficient (Wildman–Crippen LogP) is 4.34. The molecule has 0 bridgehead atoms. The summed E-state index contributed by atoms with van der Waals surface area (Å²) in [5.74, 6) is 0.270. The van der Waals surface area contributed by atoms with Crippen LogP contribution in [0.2, 0.25) is 0 Å². The zero-order chi connectivity index (χ0) is 17.0. The summed E-state index contributed by atoms with van der Waals surface area (Å²) in [6, 6.07) is 4.83. The second-order valence-corrected chi connectivity index (χ2v) is 7.12. The van der Waals surface area contributed by atoms with Gasteiger partial charge in [0.25, 0.3) is 0 Å². The number of hydrogen-bond acceptors (Lipinski definition) is 3. The smallest absolute Gasteiger partial charge is 0.406 e. The average molecular weight is 395 g/mol. The highest BCUT2D eigenvalue weighted by atomic mass is 79.9. The lowest BCUT2D eigenvalue weighted by molar-refractivity contribution is -0.274. The van der Waals surface area contributed by atoms with Gasteiger partial charge in [0.1, 0.15) is 5.75 Å². The lowest BCUT2D eigenvalue weighted by Gasteiger charge is -2.36. The van der Waals surface area contributed by atoms with Crippen LogP contribution >= 0.6 is 15.9 Å². The summed E-state index contributed by atoms with van der Waals surface area (Å²) in [6.07, 6.45) is -3.79. The van der Waals surface area contributed by atoms with Crippen molar-refractivity contribution in [3.05, 3.63) is 28.2 Å². The number of halogens is 4. The molecule has 3 nitrogen and oxygen atoms in total. The third-order valence-corrected chi connectivity index (χ3v) is 4.26. The van der Waals surface area contributed by atoms with E-state index in [1.807, 2.05) is 6.07 Å². The molecule has 2 rings (SSSR count). The maximum Gasteiger partial charge on any atom is 0.573 e. The normalized spacial score (nSPS) is 18.2. The van der Waals surface area contributed by atoms with Crippen molar-refractivity contribution in [2.45, 2.75) is 32.7 Å². The number of benzene rings is 1. The SMILES string of the molecule is CC(C)C[C@@H](c1cc(Br)cc(OC(F)(F)F)c1)N1CCNCC1. The van der Waals surface area contributed by atoms with Gasteiger partial charge in [0.05, 0.1) is 0 Å². The van der Waals surface area contributed by atoms with Crippen LogP contribution in [0.3, 0.4) is 0 Å². The fourth-order valence-electron chi connectivity index (χ4n) is 2.91. The van der Waals surface area contributed by atoms with Crippen LogP contribution in [0.25, 0.3) is 0 Å². The van der Waals surface area contributed by atoms with Gasteiger partial charge < -0.3 is 10.1 Å². The van der Waals surface area contributed by atoms with Gasteiger partial charge in [-0.1, -0.05) is 29.8 Å². The highest BCUT2D eigenvalue weighted by Gasteiger charge is 2.32. The lowest BCUT2D eigenvalue weighted by Crippen LogP contribution is -2.45. The number of hydrogen-bond donors (Lipinski definition) is 1. The Kier molecular flexibility index (Phi) is 6.33. The van der Waals surface area contributed by atoms with Crippen molar-refractivity contribution in [1.29, 1.82) is 0 Å². The first kappa shape index (κ1) is 18.5. The minimum absolute atomic E-state index is 0.0881. The van der Waals surface area contributed by atoms with Crippen LogP contribution in [0.1, 0.15) is 31.9 Å². The molecule has 7 heteroatoms. The van der Waals surface area contributed by atoms with Gasteiger partial charge in [0.2, 0.25) is 0 Å². The standard InChI is InChI=1S/C16H22BrF3N2O/c1-11(2)7-15(22-5-3-21-4-6-22)12-8-13(17)10-14(9-12)23-16(18,19)20/h8-11,15,21H,3-7H2,1-2H3/t15-/m0/s1. The molecule has 0 saturated carbocycles. The first-order valence-corrected chi connectivity index (χ1v) is 8.55. The average Bonchev–Trinajstić information content (AvgIpc) is 2.43. The molecule has 1 atom stereocenters. The van der Waals surface area contributed by atoms with Gasteiger partial charge in [-0.05, 0) is 36.1 Å². The Bertz CT molecular complexity index is 517. The van der Waals surface area contributed by atoms with Gasteiger partial charge in [-0.15, -0.1) is 13.2 Å². The van der Waals surface area contributed by atoms with Crippen LogP contribution in [0.4, 0.5) is 13.2 Å². The van der Waals surface area contributed by atoms with Crippen LogP contribution in [-0.2, 0) is 0 Å². The second kappa shape index (κ2) is 7.85. The van der Waals surface area contributed by atoms with E-state index >= 15 is 0 Å². The Morgan fingerprint density at radius 3 is 2.43 bits per heavy atom. The molecule has 1 aromatic carbocycles. The third-order valence-electron chi connectivity index (χ3n) is 3.80. The number of piperazine rings is 1. The molecular formula is C16H22BrF3N2O. The van der Waals surface area contributed by atoms with Gasteiger partial charge in [0, 0.05) is 36.7 Å². The van der Waals surface area contributed by atoms with E-state index in [-0.39, 0.29) is 11.8 Å². The van der Waals surface area contributed by atoms with Gasteiger partial charge in [-0.25, -0.2) is 0 Å². The molecule has 0 aromatic heterocycles. The molecule has 0 radical (unpaired) electrons. The van der Waals surface area contributed by atoms with Crippen molar-refractivity contribution in [2.24, 2.45) is 5.92 Å². The van der Waals surface area contributed by atoms with Crippen LogP contribution in [-0.4, -0.2) is 37.4 Å². The van der Waals surface area contributed by atoms with Crippen molar-refractivity contribution >= 4 is 15.9 Å². The molecule has 1 N–H and O–H groups in total. The molecule has 0 aliphatic carbocycles. The number of rotatable bonds is 5. The fraction of sp³-hybridized carbons (Fsp3) is 0.625. The predicted molar refractivity (Wildman–Crippen MR) is 87.5 cm³/mol. The third kappa shape index (κ3) is 5.97.